The normalized spacial score (nSPS) is 25.9. The van der Waals surface area contributed by atoms with Gasteiger partial charge in [0.15, 0.2) is 0 Å². The monoisotopic (exact) mass is 230 g/mol. The lowest BCUT2D eigenvalue weighted by Crippen LogP contribution is -2.30. The quantitative estimate of drug-likeness (QED) is 0.628. The SMILES string of the molecule is O=C(c1cc(Cl)c[nH]1)N1C[C@@H](O)[C@@H](O)C1. The molecule has 2 atom stereocenters. The van der Waals surface area contributed by atoms with Crippen LogP contribution in [0, 0.1) is 0 Å². The summed E-state index contributed by atoms with van der Waals surface area (Å²) in [4.78, 5) is 15.9. The third kappa shape index (κ3) is 1.99. The average molecular weight is 231 g/mol. The Morgan fingerprint density at radius 1 is 1.47 bits per heavy atom. The second-order valence-corrected chi connectivity index (χ2v) is 4.01. The van der Waals surface area contributed by atoms with Crippen molar-refractivity contribution in [3.63, 3.8) is 0 Å². The molecule has 15 heavy (non-hydrogen) atoms. The van der Waals surface area contributed by atoms with E-state index in [9.17, 15) is 15.0 Å². The number of likely N-dealkylation sites (tertiary alicyclic amines) is 1. The van der Waals surface area contributed by atoms with E-state index in [1.165, 1.54) is 17.2 Å². The van der Waals surface area contributed by atoms with Gasteiger partial charge in [-0.1, -0.05) is 11.6 Å². The predicted molar refractivity (Wildman–Crippen MR) is 53.7 cm³/mol. The van der Waals surface area contributed by atoms with E-state index < -0.39 is 12.2 Å². The number of H-pyrrole nitrogens is 1. The fourth-order valence-corrected chi connectivity index (χ4v) is 1.76. The lowest BCUT2D eigenvalue weighted by atomic mass is 10.3. The number of amides is 1. The Morgan fingerprint density at radius 2 is 2.07 bits per heavy atom. The number of aliphatic hydroxyl groups excluding tert-OH is 2. The summed E-state index contributed by atoms with van der Waals surface area (Å²) < 4.78 is 0. The van der Waals surface area contributed by atoms with E-state index in [4.69, 9.17) is 11.6 Å². The minimum Gasteiger partial charge on any atom is -0.388 e. The number of halogens is 1. The van der Waals surface area contributed by atoms with Crippen LogP contribution in [0.3, 0.4) is 0 Å². The first kappa shape index (κ1) is 10.5. The maximum Gasteiger partial charge on any atom is 0.270 e. The molecule has 1 aromatic heterocycles. The van der Waals surface area contributed by atoms with Crippen molar-refractivity contribution in [3.8, 4) is 0 Å². The average Bonchev–Trinajstić information content (AvgIpc) is 2.74. The largest absolute Gasteiger partial charge is 0.388 e. The Hall–Kier alpha value is -1.04. The third-order valence-electron chi connectivity index (χ3n) is 2.42. The van der Waals surface area contributed by atoms with Crippen molar-refractivity contribution in [2.75, 3.05) is 13.1 Å². The molecule has 0 spiro atoms. The van der Waals surface area contributed by atoms with Gasteiger partial charge in [0.25, 0.3) is 5.91 Å². The number of aromatic nitrogens is 1. The Morgan fingerprint density at radius 3 is 2.53 bits per heavy atom. The van der Waals surface area contributed by atoms with Gasteiger partial charge in [0.1, 0.15) is 5.69 Å². The van der Waals surface area contributed by atoms with E-state index in [-0.39, 0.29) is 19.0 Å². The summed E-state index contributed by atoms with van der Waals surface area (Å²) in [7, 11) is 0. The summed E-state index contributed by atoms with van der Waals surface area (Å²) in [5, 5.41) is 19.0. The van der Waals surface area contributed by atoms with Gasteiger partial charge in [0.05, 0.1) is 17.2 Å². The third-order valence-corrected chi connectivity index (χ3v) is 2.64. The van der Waals surface area contributed by atoms with Crippen molar-refractivity contribution in [2.45, 2.75) is 12.2 Å². The molecule has 1 aromatic rings. The number of aromatic amines is 1. The number of rotatable bonds is 1. The van der Waals surface area contributed by atoms with Gasteiger partial charge in [-0.2, -0.15) is 0 Å². The van der Waals surface area contributed by atoms with Crippen LogP contribution in [0.5, 0.6) is 0 Å². The van der Waals surface area contributed by atoms with Gasteiger partial charge < -0.3 is 20.1 Å². The van der Waals surface area contributed by atoms with Crippen molar-refractivity contribution in [1.82, 2.24) is 9.88 Å². The number of carbonyl (C=O) groups excluding carboxylic acids is 1. The van der Waals surface area contributed by atoms with Crippen molar-refractivity contribution in [1.29, 1.82) is 0 Å². The first-order valence-electron chi connectivity index (χ1n) is 4.57. The molecular formula is C9H11ClN2O3. The summed E-state index contributed by atoms with van der Waals surface area (Å²) >= 11 is 5.67. The number of hydrogen-bond acceptors (Lipinski definition) is 3. The minimum atomic E-state index is -0.862. The maximum atomic E-state index is 11.8. The van der Waals surface area contributed by atoms with Crippen molar-refractivity contribution < 1.29 is 15.0 Å². The molecule has 82 valence electrons. The highest BCUT2D eigenvalue weighted by Crippen LogP contribution is 2.16. The molecular weight excluding hydrogens is 220 g/mol. The van der Waals surface area contributed by atoms with Gasteiger partial charge in [-0.25, -0.2) is 0 Å². The second-order valence-electron chi connectivity index (χ2n) is 3.58. The van der Waals surface area contributed by atoms with E-state index in [0.717, 1.165) is 0 Å². The summed E-state index contributed by atoms with van der Waals surface area (Å²) in [5.41, 5.74) is 0.362. The smallest absolute Gasteiger partial charge is 0.270 e. The van der Waals surface area contributed by atoms with Crippen LogP contribution in [0.4, 0.5) is 0 Å². The Labute approximate surface area is 91.3 Å². The molecule has 0 aliphatic carbocycles. The molecule has 1 amide bonds. The van der Waals surface area contributed by atoms with Gasteiger partial charge in [-0.05, 0) is 6.07 Å². The van der Waals surface area contributed by atoms with Gasteiger partial charge in [0, 0.05) is 19.3 Å². The highest BCUT2D eigenvalue weighted by Gasteiger charge is 2.33. The number of carbonyl (C=O) groups is 1. The number of aliphatic hydroxyl groups is 2. The number of β-amino-alcohol motifs (C(OH)–C–C–N with tert-alkyl or cyclic N) is 2. The maximum absolute atomic E-state index is 11.8. The highest BCUT2D eigenvalue weighted by molar-refractivity contribution is 6.30. The zero-order chi connectivity index (χ0) is 11.0. The molecule has 3 N–H and O–H groups in total. The highest BCUT2D eigenvalue weighted by atomic mass is 35.5. The van der Waals surface area contributed by atoms with Gasteiger partial charge in [-0.15, -0.1) is 0 Å². The van der Waals surface area contributed by atoms with E-state index in [2.05, 4.69) is 4.98 Å². The Kier molecular flexibility index (Phi) is 2.68. The lowest BCUT2D eigenvalue weighted by molar-refractivity contribution is 0.0572. The molecule has 1 aliphatic rings. The molecule has 0 unspecified atom stereocenters. The topological polar surface area (TPSA) is 76.6 Å². The number of nitrogens with one attached hydrogen (secondary N) is 1. The van der Waals surface area contributed by atoms with Crippen molar-refractivity contribution in [3.05, 3.63) is 23.0 Å². The van der Waals surface area contributed by atoms with Crippen LogP contribution >= 0.6 is 11.6 Å². The van der Waals surface area contributed by atoms with E-state index >= 15 is 0 Å². The molecule has 0 radical (unpaired) electrons. The molecule has 1 saturated heterocycles. The predicted octanol–water partition coefficient (Wildman–Crippen LogP) is -0.154. The van der Waals surface area contributed by atoms with Crippen LogP contribution in [-0.4, -0.2) is 51.3 Å². The second kappa shape index (κ2) is 3.84. The standard InChI is InChI=1S/C9H11ClN2O3/c10-5-1-6(11-2-5)9(15)12-3-7(13)8(14)4-12/h1-2,7-8,11,13-14H,3-4H2/t7-,8+. The molecule has 1 aliphatic heterocycles. The Balaban J connectivity index is 2.10. The summed E-state index contributed by atoms with van der Waals surface area (Å²) in [5.74, 6) is -0.266. The van der Waals surface area contributed by atoms with Gasteiger partial charge in [0.2, 0.25) is 0 Å². The molecule has 2 heterocycles. The Bertz CT molecular complexity index is 369. The van der Waals surface area contributed by atoms with Crippen molar-refractivity contribution in [2.24, 2.45) is 0 Å². The van der Waals surface area contributed by atoms with Crippen molar-refractivity contribution >= 4 is 17.5 Å². The molecule has 1 fully saturated rings. The van der Waals surface area contributed by atoms with Crippen LogP contribution in [0.2, 0.25) is 5.02 Å². The minimum absolute atomic E-state index is 0.149. The molecule has 0 aromatic carbocycles. The molecule has 5 nitrogen and oxygen atoms in total. The van der Waals surface area contributed by atoms with E-state index in [1.54, 1.807) is 0 Å². The van der Waals surface area contributed by atoms with Gasteiger partial charge >= 0.3 is 0 Å². The number of nitrogens with zero attached hydrogens (tertiary/aromatic N) is 1. The van der Waals surface area contributed by atoms with Crippen LogP contribution in [0.1, 0.15) is 10.5 Å². The molecule has 6 heteroatoms. The molecule has 2 rings (SSSR count). The fourth-order valence-electron chi connectivity index (χ4n) is 1.60. The summed E-state index contributed by atoms with van der Waals surface area (Å²) in [6.07, 6.45) is -0.212. The van der Waals surface area contributed by atoms with E-state index in [0.29, 0.717) is 10.7 Å². The van der Waals surface area contributed by atoms with Crippen LogP contribution in [-0.2, 0) is 0 Å². The van der Waals surface area contributed by atoms with Crippen LogP contribution < -0.4 is 0 Å². The van der Waals surface area contributed by atoms with Crippen LogP contribution in [0.25, 0.3) is 0 Å². The lowest BCUT2D eigenvalue weighted by Gasteiger charge is -2.13. The molecule has 0 saturated carbocycles. The molecule has 0 bridgehead atoms. The fraction of sp³-hybridized carbons (Fsp3) is 0.444. The van der Waals surface area contributed by atoms with E-state index in [1.807, 2.05) is 0 Å². The summed E-state index contributed by atoms with van der Waals surface area (Å²) in [6.45, 7) is 0.299. The number of hydrogen-bond donors (Lipinski definition) is 3. The zero-order valence-electron chi connectivity index (χ0n) is 7.85. The first-order valence-corrected chi connectivity index (χ1v) is 4.95. The first-order chi connectivity index (χ1) is 7.08. The summed E-state index contributed by atoms with van der Waals surface area (Å²) in [6, 6.07) is 1.51. The zero-order valence-corrected chi connectivity index (χ0v) is 8.61. The van der Waals surface area contributed by atoms with Crippen LogP contribution in [0.15, 0.2) is 12.3 Å². The van der Waals surface area contributed by atoms with Gasteiger partial charge in [-0.3, -0.25) is 4.79 Å².